The van der Waals surface area contributed by atoms with Crippen LogP contribution in [0.4, 0.5) is 11.4 Å². The third-order valence-corrected chi connectivity index (χ3v) is 6.53. The number of para-hydroxylation sites is 2. The predicted molar refractivity (Wildman–Crippen MR) is 133 cm³/mol. The molecule has 3 amide bonds. The fourth-order valence-corrected chi connectivity index (χ4v) is 4.60. The number of hydrogen-bond acceptors (Lipinski definition) is 6. The van der Waals surface area contributed by atoms with Crippen LogP contribution < -0.4 is 20.4 Å². The van der Waals surface area contributed by atoms with Crippen molar-refractivity contribution in [3.05, 3.63) is 48.4 Å². The van der Waals surface area contributed by atoms with Gasteiger partial charge in [-0.1, -0.05) is 18.1 Å². The number of hydrogen-bond donors (Lipinski definition) is 2. The zero-order valence-electron chi connectivity index (χ0n) is 19.9. The van der Waals surface area contributed by atoms with Gasteiger partial charge >= 0.3 is 0 Å². The number of likely N-dealkylation sites (tertiary alicyclic amines) is 1. The number of carbonyl (C=O) groups is 3. The minimum atomic E-state index is -0.818. The molecule has 4 rings (SSSR count). The van der Waals surface area contributed by atoms with Crippen molar-refractivity contribution >= 4 is 29.1 Å². The monoisotopic (exact) mass is 477 g/mol. The summed E-state index contributed by atoms with van der Waals surface area (Å²) < 4.78 is 5.24. The summed E-state index contributed by atoms with van der Waals surface area (Å²) in [5.41, 5.74) is 2.34. The lowest BCUT2D eigenvalue weighted by Gasteiger charge is -2.30. The molecule has 9 heteroatoms. The van der Waals surface area contributed by atoms with Crippen LogP contribution in [0, 0.1) is 18.3 Å². The minimum Gasteiger partial charge on any atom is -0.472 e. The molecule has 1 fully saturated rings. The van der Waals surface area contributed by atoms with E-state index in [2.05, 4.69) is 21.5 Å². The number of fused-ring (bicyclic) bond motifs is 1. The third-order valence-electron chi connectivity index (χ3n) is 6.53. The number of piperidine rings is 1. The Bertz CT molecular complexity index is 1090. The van der Waals surface area contributed by atoms with E-state index in [9.17, 15) is 14.4 Å². The maximum atomic E-state index is 13.8. The van der Waals surface area contributed by atoms with Crippen LogP contribution in [0.5, 0.6) is 0 Å². The van der Waals surface area contributed by atoms with Crippen molar-refractivity contribution < 1.29 is 18.8 Å². The molecule has 0 bridgehead atoms. The molecule has 2 aliphatic heterocycles. The van der Waals surface area contributed by atoms with Gasteiger partial charge in [0.15, 0.2) is 0 Å². The average Bonchev–Trinajstić information content (AvgIpc) is 3.35. The summed E-state index contributed by atoms with van der Waals surface area (Å²) in [6.07, 6.45) is 10.0. The first kappa shape index (κ1) is 24.4. The summed E-state index contributed by atoms with van der Waals surface area (Å²) in [5.74, 6) is 1.41. The number of benzene rings is 1. The molecule has 0 aliphatic carbocycles. The van der Waals surface area contributed by atoms with E-state index in [1.807, 2.05) is 42.3 Å². The van der Waals surface area contributed by atoms with Crippen LogP contribution in [-0.4, -0.2) is 68.4 Å². The molecule has 1 aromatic carbocycles. The molecule has 2 aromatic rings. The number of anilines is 2. The maximum absolute atomic E-state index is 13.8. The van der Waals surface area contributed by atoms with Gasteiger partial charge < -0.3 is 24.9 Å². The second kappa shape index (κ2) is 11.1. The normalized spacial score (nSPS) is 19.0. The Morgan fingerprint density at radius 3 is 2.60 bits per heavy atom. The number of nitrogens with zero attached hydrogens (tertiary/aromatic N) is 3. The van der Waals surface area contributed by atoms with Crippen LogP contribution >= 0.6 is 0 Å². The van der Waals surface area contributed by atoms with Gasteiger partial charge in [0.25, 0.3) is 5.91 Å². The van der Waals surface area contributed by atoms with Gasteiger partial charge in [0.1, 0.15) is 12.6 Å². The minimum absolute atomic E-state index is 0.0748. The van der Waals surface area contributed by atoms with E-state index in [0.29, 0.717) is 12.2 Å². The largest absolute Gasteiger partial charge is 0.472 e. The maximum Gasteiger partial charge on any atom is 0.251 e. The number of carbonyl (C=O) groups excluding carboxylic acids is 3. The lowest BCUT2D eigenvalue weighted by molar-refractivity contribution is -0.131. The van der Waals surface area contributed by atoms with Crippen LogP contribution in [0.15, 0.2) is 47.3 Å². The van der Waals surface area contributed by atoms with Crippen molar-refractivity contribution in [3.63, 3.8) is 0 Å². The van der Waals surface area contributed by atoms with E-state index in [4.69, 9.17) is 10.8 Å². The predicted octanol–water partition coefficient (Wildman–Crippen LogP) is 1.21. The second-order valence-corrected chi connectivity index (χ2v) is 9.04. The summed E-state index contributed by atoms with van der Waals surface area (Å²) in [4.78, 5) is 45.2. The van der Waals surface area contributed by atoms with Crippen molar-refractivity contribution in [2.75, 3.05) is 49.6 Å². The number of amides is 3. The van der Waals surface area contributed by atoms with Crippen molar-refractivity contribution in [2.45, 2.75) is 25.4 Å². The Hall–Kier alpha value is -3.77. The van der Waals surface area contributed by atoms with Gasteiger partial charge in [0.05, 0.1) is 30.4 Å². The summed E-state index contributed by atoms with van der Waals surface area (Å²) in [6.45, 7) is 2.32. The smallest absolute Gasteiger partial charge is 0.251 e. The lowest BCUT2D eigenvalue weighted by Crippen LogP contribution is -2.55. The topological polar surface area (TPSA) is 98.1 Å². The van der Waals surface area contributed by atoms with E-state index in [1.165, 1.54) is 4.90 Å². The molecule has 1 saturated heterocycles. The SMILES string of the molecule is C#CCNC(=O)CN1C(=O)[C@@H](NC(=O)C2CCN(C)CC2)CN(Cc2ccoc2)c2ccccc21. The molecule has 1 atom stereocenters. The molecule has 3 heterocycles. The van der Waals surface area contributed by atoms with Crippen molar-refractivity contribution in [1.29, 1.82) is 0 Å². The number of nitrogens with one attached hydrogen (secondary N) is 2. The first-order valence-corrected chi connectivity index (χ1v) is 11.8. The third kappa shape index (κ3) is 5.84. The zero-order valence-corrected chi connectivity index (χ0v) is 19.9. The Labute approximate surface area is 205 Å². The summed E-state index contributed by atoms with van der Waals surface area (Å²) in [7, 11) is 2.04. The van der Waals surface area contributed by atoms with Crippen molar-refractivity contribution in [3.8, 4) is 12.3 Å². The van der Waals surface area contributed by atoms with Gasteiger partial charge in [-0.15, -0.1) is 6.42 Å². The highest BCUT2D eigenvalue weighted by molar-refractivity contribution is 6.06. The molecule has 184 valence electrons. The van der Waals surface area contributed by atoms with Crippen LogP contribution in [0.1, 0.15) is 18.4 Å². The molecule has 0 saturated carbocycles. The van der Waals surface area contributed by atoms with Crippen LogP contribution in [0.2, 0.25) is 0 Å². The molecule has 2 aliphatic rings. The Morgan fingerprint density at radius 1 is 1.17 bits per heavy atom. The van der Waals surface area contributed by atoms with Crippen LogP contribution in [-0.2, 0) is 20.9 Å². The zero-order chi connectivity index (χ0) is 24.8. The van der Waals surface area contributed by atoms with Gasteiger partial charge in [-0.05, 0) is 51.2 Å². The molecule has 0 radical (unpaired) electrons. The van der Waals surface area contributed by atoms with Gasteiger partial charge in [-0.2, -0.15) is 0 Å². The van der Waals surface area contributed by atoms with Gasteiger partial charge in [-0.3, -0.25) is 19.3 Å². The van der Waals surface area contributed by atoms with E-state index in [-0.39, 0.29) is 43.3 Å². The highest BCUT2D eigenvalue weighted by Gasteiger charge is 2.37. The summed E-state index contributed by atoms with van der Waals surface area (Å²) in [5, 5.41) is 5.63. The standard InChI is InChI=1S/C26H31N5O4/c1-3-11-27-24(32)17-31-23-7-5-4-6-22(23)30(15-19-10-14-35-18-19)16-21(26(31)34)28-25(33)20-8-12-29(2)13-9-20/h1,4-7,10,14,18,20-21H,8-9,11-13,15-17H2,2H3,(H,27,32)(H,28,33)/t21-/m0/s1. The molecule has 1 aromatic heterocycles. The quantitative estimate of drug-likeness (QED) is 0.582. The van der Waals surface area contributed by atoms with Gasteiger partial charge in [0, 0.05) is 24.6 Å². The van der Waals surface area contributed by atoms with E-state index < -0.39 is 6.04 Å². The highest BCUT2D eigenvalue weighted by Crippen LogP contribution is 2.34. The van der Waals surface area contributed by atoms with E-state index in [1.54, 1.807) is 12.5 Å². The van der Waals surface area contributed by atoms with Crippen LogP contribution in [0.3, 0.4) is 0 Å². The molecule has 0 spiro atoms. The van der Waals surface area contributed by atoms with E-state index in [0.717, 1.165) is 37.2 Å². The number of terminal acetylenes is 1. The number of rotatable bonds is 7. The van der Waals surface area contributed by atoms with Gasteiger partial charge in [-0.25, -0.2) is 0 Å². The molecule has 35 heavy (non-hydrogen) atoms. The Kier molecular flexibility index (Phi) is 7.73. The van der Waals surface area contributed by atoms with Crippen LogP contribution in [0.25, 0.3) is 0 Å². The first-order valence-electron chi connectivity index (χ1n) is 11.8. The fourth-order valence-electron chi connectivity index (χ4n) is 4.60. The molecule has 0 unspecified atom stereocenters. The van der Waals surface area contributed by atoms with Crippen molar-refractivity contribution in [1.82, 2.24) is 15.5 Å². The fraction of sp³-hybridized carbons (Fsp3) is 0.423. The Morgan fingerprint density at radius 2 is 1.91 bits per heavy atom. The van der Waals surface area contributed by atoms with E-state index >= 15 is 0 Å². The summed E-state index contributed by atoms with van der Waals surface area (Å²) >= 11 is 0. The first-order chi connectivity index (χ1) is 17.0. The highest BCUT2D eigenvalue weighted by atomic mass is 16.3. The average molecular weight is 478 g/mol. The summed E-state index contributed by atoms with van der Waals surface area (Å²) in [6, 6.07) is 8.49. The Balaban J connectivity index is 1.63. The molecule has 9 nitrogen and oxygen atoms in total. The molecular weight excluding hydrogens is 446 g/mol. The number of furan rings is 1. The van der Waals surface area contributed by atoms with Crippen molar-refractivity contribution in [2.24, 2.45) is 5.92 Å². The molecular formula is C26H31N5O4. The molecule has 2 N–H and O–H groups in total. The lowest BCUT2D eigenvalue weighted by atomic mass is 9.96. The second-order valence-electron chi connectivity index (χ2n) is 9.04. The van der Waals surface area contributed by atoms with Gasteiger partial charge in [0.2, 0.25) is 11.8 Å².